The van der Waals surface area contributed by atoms with E-state index in [9.17, 15) is 8.78 Å². The Kier molecular flexibility index (Phi) is 5.10. The molecular formula is C13H17F2NO. The van der Waals surface area contributed by atoms with Crippen molar-refractivity contribution in [3.05, 3.63) is 35.4 Å². The second-order valence-corrected chi connectivity index (χ2v) is 3.85. The molecular weight excluding hydrogens is 224 g/mol. The van der Waals surface area contributed by atoms with Gasteiger partial charge in [-0.1, -0.05) is 23.8 Å². The number of alkyl halides is 2. The van der Waals surface area contributed by atoms with Crippen LogP contribution in [-0.4, -0.2) is 19.7 Å². The molecule has 0 saturated carbocycles. The molecule has 4 heteroatoms. The van der Waals surface area contributed by atoms with Crippen LogP contribution in [0.3, 0.4) is 0 Å². The number of hydrogen-bond donors (Lipinski definition) is 1. The summed E-state index contributed by atoms with van der Waals surface area (Å²) in [5, 5.41) is 3.13. The van der Waals surface area contributed by atoms with Crippen molar-refractivity contribution >= 4 is 6.08 Å². The Morgan fingerprint density at radius 1 is 1.29 bits per heavy atom. The van der Waals surface area contributed by atoms with Gasteiger partial charge in [-0.3, -0.25) is 0 Å². The van der Waals surface area contributed by atoms with Gasteiger partial charge in [-0.15, -0.1) is 0 Å². The molecule has 0 saturated heterocycles. The first-order chi connectivity index (χ1) is 8.02. The van der Waals surface area contributed by atoms with E-state index in [1.807, 2.05) is 20.0 Å². The first-order valence-corrected chi connectivity index (χ1v) is 5.43. The summed E-state index contributed by atoms with van der Waals surface area (Å²) < 4.78 is 28.2. The van der Waals surface area contributed by atoms with Crippen LogP contribution >= 0.6 is 0 Å². The monoisotopic (exact) mass is 241 g/mol. The molecule has 17 heavy (non-hydrogen) atoms. The van der Waals surface area contributed by atoms with Gasteiger partial charge in [0.05, 0.1) is 0 Å². The number of rotatable bonds is 5. The molecule has 0 aromatic heterocycles. The van der Waals surface area contributed by atoms with Crippen molar-refractivity contribution in [2.24, 2.45) is 0 Å². The quantitative estimate of drug-likeness (QED) is 0.854. The van der Waals surface area contributed by atoms with Gasteiger partial charge < -0.3 is 10.1 Å². The standard InChI is InChI=1S/C13H17F2NO/c1-9(10(2)16-3)8-11-4-6-12(7-5-11)17-13(14)15/h4-8,10,13,16H,1-3H3/b9-8+. The van der Waals surface area contributed by atoms with Crippen molar-refractivity contribution in [1.29, 1.82) is 0 Å². The van der Waals surface area contributed by atoms with Crippen LogP contribution in [-0.2, 0) is 0 Å². The zero-order chi connectivity index (χ0) is 12.8. The van der Waals surface area contributed by atoms with Gasteiger partial charge in [-0.25, -0.2) is 0 Å². The predicted octanol–water partition coefficient (Wildman–Crippen LogP) is 3.30. The van der Waals surface area contributed by atoms with E-state index in [2.05, 4.69) is 17.0 Å². The van der Waals surface area contributed by atoms with E-state index in [1.165, 1.54) is 17.7 Å². The van der Waals surface area contributed by atoms with Crippen molar-refractivity contribution in [2.45, 2.75) is 26.5 Å². The van der Waals surface area contributed by atoms with Crippen LogP contribution < -0.4 is 10.1 Å². The third-order valence-electron chi connectivity index (χ3n) is 2.62. The van der Waals surface area contributed by atoms with E-state index in [0.717, 1.165) is 5.56 Å². The molecule has 1 N–H and O–H groups in total. The molecule has 2 nitrogen and oxygen atoms in total. The molecule has 1 unspecified atom stereocenters. The summed E-state index contributed by atoms with van der Waals surface area (Å²) in [6.45, 7) is 1.30. The van der Waals surface area contributed by atoms with Crippen molar-refractivity contribution in [3.8, 4) is 5.75 Å². The third kappa shape index (κ3) is 4.53. The van der Waals surface area contributed by atoms with Gasteiger partial charge in [0.25, 0.3) is 0 Å². The second-order valence-electron chi connectivity index (χ2n) is 3.85. The number of ether oxygens (including phenoxy) is 1. The van der Waals surface area contributed by atoms with Crippen LogP contribution in [0, 0.1) is 0 Å². The molecule has 0 bridgehead atoms. The minimum Gasteiger partial charge on any atom is -0.435 e. The predicted molar refractivity (Wildman–Crippen MR) is 65.2 cm³/mol. The average Bonchev–Trinajstić information content (AvgIpc) is 2.30. The maximum absolute atomic E-state index is 11.9. The highest BCUT2D eigenvalue weighted by Gasteiger charge is 2.04. The van der Waals surface area contributed by atoms with Crippen molar-refractivity contribution in [1.82, 2.24) is 5.32 Å². The summed E-state index contributed by atoms with van der Waals surface area (Å²) in [6, 6.07) is 6.87. The minimum atomic E-state index is -2.78. The van der Waals surface area contributed by atoms with Gasteiger partial charge in [0, 0.05) is 6.04 Å². The van der Waals surface area contributed by atoms with Gasteiger partial charge in [0.1, 0.15) is 5.75 Å². The Morgan fingerprint density at radius 3 is 2.35 bits per heavy atom. The molecule has 0 fully saturated rings. The number of nitrogens with one attached hydrogen (secondary N) is 1. The van der Waals surface area contributed by atoms with Crippen LogP contribution in [0.4, 0.5) is 8.78 Å². The highest BCUT2D eigenvalue weighted by molar-refractivity contribution is 5.54. The van der Waals surface area contributed by atoms with Crippen LogP contribution in [0.15, 0.2) is 29.8 Å². The number of halogens is 2. The second kappa shape index (κ2) is 6.35. The Labute approximate surface area is 100 Å². The van der Waals surface area contributed by atoms with E-state index >= 15 is 0 Å². The summed E-state index contributed by atoms with van der Waals surface area (Å²) in [4.78, 5) is 0. The van der Waals surface area contributed by atoms with Crippen LogP contribution in [0.25, 0.3) is 6.08 Å². The van der Waals surface area contributed by atoms with Crippen LogP contribution in [0.2, 0.25) is 0 Å². The lowest BCUT2D eigenvalue weighted by Gasteiger charge is -2.10. The van der Waals surface area contributed by atoms with Crippen molar-refractivity contribution < 1.29 is 13.5 Å². The Balaban J connectivity index is 2.74. The molecule has 0 heterocycles. The van der Waals surface area contributed by atoms with Crippen molar-refractivity contribution in [3.63, 3.8) is 0 Å². The highest BCUT2D eigenvalue weighted by Crippen LogP contribution is 2.17. The highest BCUT2D eigenvalue weighted by atomic mass is 19.3. The lowest BCUT2D eigenvalue weighted by molar-refractivity contribution is -0.0498. The Bertz CT molecular complexity index is 374. The molecule has 1 aromatic rings. The third-order valence-corrected chi connectivity index (χ3v) is 2.62. The molecule has 0 radical (unpaired) electrons. The topological polar surface area (TPSA) is 21.3 Å². The molecule has 0 aliphatic heterocycles. The first-order valence-electron chi connectivity index (χ1n) is 5.43. The molecule has 0 aliphatic rings. The zero-order valence-corrected chi connectivity index (χ0v) is 10.2. The fourth-order valence-electron chi connectivity index (χ4n) is 1.36. The molecule has 94 valence electrons. The Hall–Kier alpha value is -1.42. The zero-order valence-electron chi connectivity index (χ0n) is 10.2. The molecule has 0 spiro atoms. The average molecular weight is 241 g/mol. The largest absolute Gasteiger partial charge is 0.435 e. The SMILES string of the molecule is CNC(C)/C(C)=C/c1ccc(OC(F)F)cc1. The lowest BCUT2D eigenvalue weighted by atomic mass is 10.1. The van der Waals surface area contributed by atoms with Crippen LogP contribution in [0.1, 0.15) is 19.4 Å². The first kappa shape index (κ1) is 13.6. The fourth-order valence-corrected chi connectivity index (χ4v) is 1.36. The number of hydrogen-bond acceptors (Lipinski definition) is 2. The smallest absolute Gasteiger partial charge is 0.387 e. The Morgan fingerprint density at radius 2 is 1.88 bits per heavy atom. The van der Waals surface area contributed by atoms with Gasteiger partial charge in [0.15, 0.2) is 0 Å². The summed E-state index contributed by atoms with van der Waals surface area (Å²) in [5.74, 6) is 0.177. The van der Waals surface area contributed by atoms with Gasteiger partial charge in [-0.2, -0.15) is 8.78 Å². The van der Waals surface area contributed by atoms with E-state index in [1.54, 1.807) is 12.1 Å². The summed E-state index contributed by atoms with van der Waals surface area (Å²) in [7, 11) is 1.89. The molecule has 1 rings (SSSR count). The van der Waals surface area contributed by atoms with E-state index in [4.69, 9.17) is 0 Å². The minimum absolute atomic E-state index is 0.177. The summed E-state index contributed by atoms with van der Waals surface area (Å²) >= 11 is 0. The summed E-state index contributed by atoms with van der Waals surface area (Å²) in [6.07, 6.45) is 2.01. The normalized spacial score (nSPS) is 13.9. The number of benzene rings is 1. The van der Waals surface area contributed by atoms with E-state index in [0.29, 0.717) is 0 Å². The fraction of sp³-hybridized carbons (Fsp3) is 0.385. The van der Waals surface area contributed by atoms with Gasteiger partial charge in [-0.05, 0) is 38.6 Å². The van der Waals surface area contributed by atoms with E-state index in [-0.39, 0.29) is 11.8 Å². The van der Waals surface area contributed by atoms with Gasteiger partial charge in [0.2, 0.25) is 0 Å². The maximum atomic E-state index is 11.9. The molecule has 1 aromatic carbocycles. The molecule has 1 atom stereocenters. The lowest BCUT2D eigenvalue weighted by Crippen LogP contribution is -2.21. The summed E-state index contributed by atoms with van der Waals surface area (Å²) in [5.41, 5.74) is 2.14. The number of likely N-dealkylation sites (N-methyl/N-ethyl adjacent to an activating group) is 1. The maximum Gasteiger partial charge on any atom is 0.387 e. The molecule has 0 amide bonds. The molecule has 0 aliphatic carbocycles. The van der Waals surface area contributed by atoms with Crippen LogP contribution in [0.5, 0.6) is 5.75 Å². The van der Waals surface area contributed by atoms with Gasteiger partial charge >= 0.3 is 6.61 Å². The van der Waals surface area contributed by atoms with Crippen molar-refractivity contribution in [2.75, 3.05) is 7.05 Å². The van der Waals surface area contributed by atoms with E-state index < -0.39 is 6.61 Å².